The maximum atomic E-state index is 5.90. The molecule has 3 nitrogen and oxygen atoms in total. The van der Waals surface area contributed by atoms with Gasteiger partial charge in [0, 0.05) is 30.6 Å². The first-order valence-corrected chi connectivity index (χ1v) is 7.77. The third kappa shape index (κ3) is 1.97. The summed E-state index contributed by atoms with van der Waals surface area (Å²) in [5, 5.41) is 1.24. The van der Waals surface area contributed by atoms with Crippen molar-refractivity contribution in [2.45, 2.75) is 32.4 Å². The van der Waals surface area contributed by atoms with Gasteiger partial charge in [0.2, 0.25) is 0 Å². The normalized spacial score (nSPS) is 26.4. The Labute approximate surface area is 119 Å². The summed E-state index contributed by atoms with van der Waals surface area (Å²) in [4.78, 5) is 2.60. The van der Waals surface area contributed by atoms with Gasteiger partial charge >= 0.3 is 0 Å². The second-order valence-corrected chi connectivity index (χ2v) is 6.35. The molecule has 1 aromatic carbocycles. The van der Waals surface area contributed by atoms with E-state index < -0.39 is 0 Å². The Bertz CT molecular complexity index is 606. The molecule has 2 aromatic rings. The number of hydrogen-bond acceptors (Lipinski definition) is 3. The van der Waals surface area contributed by atoms with Crippen molar-refractivity contribution in [2.75, 3.05) is 13.1 Å². The highest BCUT2D eigenvalue weighted by Crippen LogP contribution is 2.39. The molecular formula is C17H22N2O. The van der Waals surface area contributed by atoms with E-state index in [1.54, 1.807) is 0 Å². The van der Waals surface area contributed by atoms with Crippen molar-refractivity contribution in [1.29, 1.82) is 0 Å². The number of nitrogens with two attached hydrogens (primary N) is 1. The molecule has 0 amide bonds. The maximum absolute atomic E-state index is 5.90. The molecule has 1 saturated carbocycles. The molecule has 2 fully saturated rings. The van der Waals surface area contributed by atoms with Gasteiger partial charge in [-0.2, -0.15) is 0 Å². The van der Waals surface area contributed by atoms with Crippen molar-refractivity contribution < 1.29 is 4.42 Å². The number of hydrogen-bond donors (Lipinski definition) is 1. The minimum absolute atomic E-state index is 0.491. The van der Waals surface area contributed by atoms with Gasteiger partial charge in [-0.25, -0.2) is 0 Å². The number of para-hydroxylation sites is 1. The number of fused-ring (bicyclic) bond motifs is 2. The molecule has 0 bridgehead atoms. The van der Waals surface area contributed by atoms with E-state index in [9.17, 15) is 0 Å². The highest BCUT2D eigenvalue weighted by molar-refractivity contribution is 5.82. The fourth-order valence-corrected chi connectivity index (χ4v) is 4.17. The van der Waals surface area contributed by atoms with Crippen molar-refractivity contribution in [3.63, 3.8) is 0 Å². The SMILES string of the molecule is NCc1oc2ccccc2c1CN1CC2CCCC2C1. The molecule has 2 unspecified atom stereocenters. The Morgan fingerprint density at radius 3 is 2.65 bits per heavy atom. The smallest absolute Gasteiger partial charge is 0.134 e. The van der Waals surface area contributed by atoms with Gasteiger partial charge in [-0.3, -0.25) is 4.90 Å². The van der Waals surface area contributed by atoms with E-state index in [1.165, 1.54) is 43.3 Å². The first-order chi connectivity index (χ1) is 9.85. The molecule has 106 valence electrons. The topological polar surface area (TPSA) is 42.4 Å². The zero-order valence-corrected chi connectivity index (χ0v) is 11.8. The summed E-state index contributed by atoms with van der Waals surface area (Å²) in [6.07, 6.45) is 4.29. The van der Waals surface area contributed by atoms with Crippen LogP contribution >= 0.6 is 0 Å². The molecule has 1 saturated heterocycles. The minimum atomic E-state index is 0.491. The zero-order chi connectivity index (χ0) is 13.5. The van der Waals surface area contributed by atoms with Crippen LogP contribution in [0.3, 0.4) is 0 Å². The molecule has 2 aliphatic rings. The summed E-state index contributed by atoms with van der Waals surface area (Å²) in [6.45, 7) is 4.00. The number of benzene rings is 1. The number of nitrogens with zero attached hydrogens (tertiary/aromatic N) is 1. The van der Waals surface area contributed by atoms with E-state index in [0.29, 0.717) is 6.54 Å². The monoisotopic (exact) mass is 270 g/mol. The lowest BCUT2D eigenvalue weighted by atomic mass is 10.0. The Balaban J connectivity index is 1.62. The predicted molar refractivity (Wildman–Crippen MR) is 80.2 cm³/mol. The Kier molecular flexibility index (Phi) is 3.04. The van der Waals surface area contributed by atoms with Gasteiger partial charge < -0.3 is 10.2 Å². The fraction of sp³-hybridized carbons (Fsp3) is 0.529. The third-order valence-electron chi connectivity index (χ3n) is 5.15. The summed E-state index contributed by atoms with van der Waals surface area (Å²) in [5.41, 5.74) is 8.15. The molecule has 0 radical (unpaired) electrons. The Morgan fingerprint density at radius 2 is 1.90 bits per heavy atom. The van der Waals surface area contributed by atoms with E-state index in [-0.39, 0.29) is 0 Å². The first kappa shape index (κ1) is 12.4. The Morgan fingerprint density at radius 1 is 1.15 bits per heavy atom. The van der Waals surface area contributed by atoms with Crippen molar-refractivity contribution in [1.82, 2.24) is 4.90 Å². The molecule has 2 N–H and O–H groups in total. The van der Waals surface area contributed by atoms with E-state index in [1.807, 2.05) is 12.1 Å². The van der Waals surface area contributed by atoms with Gasteiger partial charge in [0.15, 0.2) is 0 Å². The van der Waals surface area contributed by atoms with Crippen molar-refractivity contribution >= 4 is 11.0 Å². The first-order valence-electron chi connectivity index (χ1n) is 7.77. The van der Waals surface area contributed by atoms with Gasteiger partial charge in [-0.05, 0) is 30.7 Å². The van der Waals surface area contributed by atoms with E-state index in [4.69, 9.17) is 10.2 Å². The van der Waals surface area contributed by atoms with E-state index in [0.717, 1.165) is 29.7 Å². The third-order valence-corrected chi connectivity index (χ3v) is 5.15. The van der Waals surface area contributed by atoms with Crippen LogP contribution in [0.25, 0.3) is 11.0 Å². The average molecular weight is 270 g/mol. The molecular weight excluding hydrogens is 248 g/mol. The standard InChI is InChI=1S/C17H22N2O/c18-8-17-15(14-6-1-2-7-16(14)20-17)11-19-9-12-4-3-5-13(12)10-19/h1-2,6-7,12-13H,3-5,8-11,18H2. The molecule has 2 atom stereocenters. The molecule has 1 aromatic heterocycles. The Hall–Kier alpha value is -1.32. The molecule has 4 rings (SSSR count). The number of furan rings is 1. The quantitative estimate of drug-likeness (QED) is 0.931. The lowest BCUT2D eigenvalue weighted by molar-refractivity contribution is 0.301. The van der Waals surface area contributed by atoms with Gasteiger partial charge in [0.25, 0.3) is 0 Å². The molecule has 2 heterocycles. The predicted octanol–water partition coefficient (Wildman–Crippen LogP) is 3.12. The van der Waals surface area contributed by atoms with Crippen molar-refractivity contribution in [3.05, 3.63) is 35.6 Å². The summed E-state index contributed by atoms with van der Waals surface area (Å²) in [6, 6.07) is 8.30. The highest BCUT2D eigenvalue weighted by Gasteiger charge is 2.36. The van der Waals surface area contributed by atoms with Gasteiger partial charge in [0.05, 0.1) is 6.54 Å². The van der Waals surface area contributed by atoms with Gasteiger partial charge in [-0.1, -0.05) is 24.6 Å². The summed E-state index contributed by atoms with van der Waals surface area (Å²) >= 11 is 0. The molecule has 0 spiro atoms. The number of likely N-dealkylation sites (tertiary alicyclic amines) is 1. The maximum Gasteiger partial charge on any atom is 0.134 e. The largest absolute Gasteiger partial charge is 0.459 e. The summed E-state index contributed by atoms with van der Waals surface area (Å²) in [5.74, 6) is 2.84. The van der Waals surface area contributed by atoms with Crippen LogP contribution in [-0.4, -0.2) is 18.0 Å². The van der Waals surface area contributed by atoms with Crippen LogP contribution in [0.15, 0.2) is 28.7 Å². The highest BCUT2D eigenvalue weighted by atomic mass is 16.3. The van der Waals surface area contributed by atoms with Crippen LogP contribution < -0.4 is 5.73 Å². The average Bonchev–Trinajstić information content (AvgIpc) is 3.12. The number of rotatable bonds is 3. The molecule has 3 heteroatoms. The molecule has 20 heavy (non-hydrogen) atoms. The van der Waals surface area contributed by atoms with E-state index in [2.05, 4.69) is 17.0 Å². The van der Waals surface area contributed by atoms with Crippen LogP contribution in [0.2, 0.25) is 0 Å². The lowest BCUT2D eigenvalue weighted by Crippen LogP contribution is -2.21. The van der Waals surface area contributed by atoms with Gasteiger partial charge in [-0.15, -0.1) is 0 Å². The molecule has 1 aliphatic heterocycles. The minimum Gasteiger partial charge on any atom is -0.459 e. The van der Waals surface area contributed by atoms with Crippen LogP contribution in [0.1, 0.15) is 30.6 Å². The van der Waals surface area contributed by atoms with Crippen LogP contribution in [0, 0.1) is 11.8 Å². The van der Waals surface area contributed by atoms with Gasteiger partial charge in [0.1, 0.15) is 11.3 Å². The van der Waals surface area contributed by atoms with E-state index >= 15 is 0 Å². The zero-order valence-electron chi connectivity index (χ0n) is 11.8. The van der Waals surface area contributed by atoms with Crippen molar-refractivity contribution in [3.8, 4) is 0 Å². The van der Waals surface area contributed by atoms with Crippen LogP contribution in [0.4, 0.5) is 0 Å². The van der Waals surface area contributed by atoms with Crippen molar-refractivity contribution in [2.24, 2.45) is 17.6 Å². The lowest BCUT2D eigenvalue weighted by Gasteiger charge is -2.16. The fourth-order valence-electron chi connectivity index (χ4n) is 4.17. The summed E-state index contributed by atoms with van der Waals surface area (Å²) in [7, 11) is 0. The second-order valence-electron chi connectivity index (χ2n) is 6.35. The van der Waals surface area contributed by atoms with Crippen LogP contribution in [-0.2, 0) is 13.1 Å². The summed E-state index contributed by atoms with van der Waals surface area (Å²) < 4.78 is 5.90. The second kappa shape index (κ2) is 4.90. The molecule has 1 aliphatic carbocycles. The van der Waals surface area contributed by atoms with Crippen LogP contribution in [0.5, 0.6) is 0 Å².